The van der Waals surface area contributed by atoms with Gasteiger partial charge in [-0.3, -0.25) is 0 Å². The van der Waals surface area contributed by atoms with E-state index in [0.29, 0.717) is 12.6 Å². The van der Waals surface area contributed by atoms with Gasteiger partial charge in [0.15, 0.2) is 0 Å². The standard InChI is InChI=1S/C13H22N2/c1-4-12(5-2)15(3)13-8-6-11(10-14)7-9-13/h6-9,12H,4-5,10,14H2,1-3H3. The molecule has 0 saturated heterocycles. The van der Waals surface area contributed by atoms with Crippen LogP contribution in [0.15, 0.2) is 24.3 Å². The maximum atomic E-state index is 5.57. The quantitative estimate of drug-likeness (QED) is 0.802. The molecule has 0 aliphatic rings. The first-order valence-corrected chi connectivity index (χ1v) is 5.74. The van der Waals surface area contributed by atoms with Crippen LogP contribution in [0.1, 0.15) is 32.3 Å². The Labute approximate surface area is 93.1 Å². The molecular formula is C13H22N2. The molecule has 0 amide bonds. The van der Waals surface area contributed by atoms with Crippen molar-refractivity contribution < 1.29 is 0 Å². The average Bonchev–Trinajstić information content (AvgIpc) is 2.30. The predicted molar refractivity (Wildman–Crippen MR) is 67.1 cm³/mol. The first kappa shape index (κ1) is 12.1. The van der Waals surface area contributed by atoms with Crippen molar-refractivity contribution in [3.05, 3.63) is 29.8 Å². The minimum absolute atomic E-state index is 0.620. The van der Waals surface area contributed by atoms with E-state index in [9.17, 15) is 0 Å². The highest BCUT2D eigenvalue weighted by atomic mass is 15.1. The Morgan fingerprint density at radius 3 is 2.07 bits per heavy atom. The van der Waals surface area contributed by atoms with E-state index in [2.05, 4.69) is 50.1 Å². The molecule has 0 unspecified atom stereocenters. The lowest BCUT2D eigenvalue weighted by Gasteiger charge is -2.28. The van der Waals surface area contributed by atoms with Crippen molar-refractivity contribution in [3.63, 3.8) is 0 Å². The summed E-state index contributed by atoms with van der Waals surface area (Å²) in [6.45, 7) is 5.09. The monoisotopic (exact) mass is 206 g/mol. The molecule has 1 rings (SSSR count). The van der Waals surface area contributed by atoms with Crippen LogP contribution in [0.5, 0.6) is 0 Å². The van der Waals surface area contributed by atoms with Gasteiger partial charge >= 0.3 is 0 Å². The van der Waals surface area contributed by atoms with Crippen molar-refractivity contribution in [2.45, 2.75) is 39.3 Å². The van der Waals surface area contributed by atoms with Crippen molar-refractivity contribution >= 4 is 5.69 Å². The second-order valence-electron chi connectivity index (χ2n) is 3.95. The summed E-state index contributed by atoms with van der Waals surface area (Å²) >= 11 is 0. The summed E-state index contributed by atoms with van der Waals surface area (Å²) in [4.78, 5) is 2.35. The Hall–Kier alpha value is -1.02. The van der Waals surface area contributed by atoms with Crippen molar-refractivity contribution in [2.75, 3.05) is 11.9 Å². The van der Waals surface area contributed by atoms with Gasteiger partial charge in [-0.2, -0.15) is 0 Å². The van der Waals surface area contributed by atoms with Gasteiger partial charge in [-0.1, -0.05) is 26.0 Å². The van der Waals surface area contributed by atoms with Crippen molar-refractivity contribution in [1.82, 2.24) is 0 Å². The van der Waals surface area contributed by atoms with Crippen molar-refractivity contribution in [2.24, 2.45) is 5.73 Å². The number of nitrogens with zero attached hydrogens (tertiary/aromatic N) is 1. The average molecular weight is 206 g/mol. The molecule has 0 aliphatic carbocycles. The molecule has 2 nitrogen and oxygen atoms in total. The molecule has 0 bridgehead atoms. The molecule has 1 aromatic carbocycles. The number of rotatable bonds is 5. The largest absolute Gasteiger partial charge is 0.372 e. The highest BCUT2D eigenvalue weighted by molar-refractivity contribution is 5.47. The van der Waals surface area contributed by atoms with Gasteiger partial charge in [-0.15, -0.1) is 0 Å². The summed E-state index contributed by atoms with van der Waals surface area (Å²) in [6, 6.07) is 9.15. The maximum Gasteiger partial charge on any atom is 0.0366 e. The fraction of sp³-hybridized carbons (Fsp3) is 0.538. The van der Waals surface area contributed by atoms with E-state index in [-0.39, 0.29) is 0 Å². The third-order valence-corrected chi connectivity index (χ3v) is 3.07. The van der Waals surface area contributed by atoms with Crippen molar-refractivity contribution in [1.29, 1.82) is 0 Å². The molecule has 0 heterocycles. The molecule has 0 fully saturated rings. The van der Waals surface area contributed by atoms with Crippen LogP contribution in [0.3, 0.4) is 0 Å². The first-order valence-electron chi connectivity index (χ1n) is 5.74. The van der Waals surface area contributed by atoms with Crippen LogP contribution in [0.4, 0.5) is 5.69 Å². The van der Waals surface area contributed by atoms with Crippen LogP contribution in [0, 0.1) is 0 Å². The fourth-order valence-corrected chi connectivity index (χ4v) is 1.91. The van der Waals surface area contributed by atoms with Crippen molar-refractivity contribution in [3.8, 4) is 0 Å². The fourth-order valence-electron chi connectivity index (χ4n) is 1.91. The summed E-state index contributed by atoms with van der Waals surface area (Å²) < 4.78 is 0. The smallest absolute Gasteiger partial charge is 0.0366 e. The molecule has 0 radical (unpaired) electrons. The number of hydrogen-bond acceptors (Lipinski definition) is 2. The lowest BCUT2D eigenvalue weighted by atomic mass is 10.1. The predicted octanol–water partition coefficient (Wildman–Crippen LogP) is 2.77. The van der Waals surface area contributed by atoms with Crippen LogP contribution in [-0.4, -0.2) is 13.1 Å². The van der Waals surface area contributed by atoms with Crippen LogP contribution < -0.4 is 10.6 Å². The second-order valence-corrected chi connectivity index (χ2v) is 3.95. The Balaban J connectivity index is 2.76. The number of hydrogen-bond donors (Lipinski definition) is 1. The molecule has 0 spiro atoms. The molecule has 1 aromatic rings. The Morgan fingerprint density at radius 2 is 1.67 bits per heavy atom. The zero-order valence-corrected chi connectivity index (χ0v) is 10.0. The van der Waals surface area contributed by atoms with E-state index in [1.54, 1.807) is 0 Å². The molecule has 0 aliphatic heterocycles. The van der Waals surface area contributed by atoms with E-state index in [4.69, 9.17) is 5.73 Å². The molecule has 0 saturated carbocycles. The minimum atomic E-state index is 0.620. The normalized spacial score (nSPS) is 10.7. The molecular weight excluding hydrogens is 184 g/mol. The Bertz CT molecular complexity index is 275. The van der Waals surface area contributed by atoms with Crippen LogP contribution in [-0.2, 0) is 6.54 Å². The van der Waals surface area contributed by atoms with E-state index in [1.165, 1.54) is 24.1 Å². The van der Waals surface area contributed by atoms with Crippen LogP contribution >= 0.6 is 0 Å². The highest BCUT2D eigenvalue weighted by Crippen LogP contribution is 2.18. The Kier molecular flexibility index (Phi) is 4.63. The molecule has 2 N–H and O–H groups in total. The summed E-state index contributed by atoms with van der Waals surface area (Å²) in [5, 5.41) is 0. The van der Waals surface area contributed by atoms with Gasteiger partial charge < -0.3 is 10.6 Å². The lowest BCUT2D eigenvalue weighted by Crippen LogP contribution is -2.30. The third-order valence-electron chi connectivity index (χ3n) is 3.07. The SMILES string of the molecule is CCC(CC)N(C)c1ccc(CN)cc1. The highest BCUT2D eigenvalue weighted by Gasteiger charge is 2.10. The van der Waals surface area contributed by atoms with E-state index < -0.39 is 0 Å². The number of benzene rings is 1. The molecule has 0 aromatic heterocycles. The van der Waals surface area contributed by atoms with Gasteiger partial charge in [0.1, 0.15) is 0 Å². The topological polar surface area (TPSA) is 29.3 Å². The summed E-state index contributed by atoms with van der Waals surface area (Å²) in [5.41, 5.74) is 8.04. The zero-order chi connectivity index (χ0) is 11.3. The maximum absolute atomic E-state index is 5.57. The number of nitrogens with two attached hydrogens (primary N) is 1. The van der Waals surface area contributed by atoms with E-state index in [0.717, 1.165) is 0 Å². The Morgan fingerprint density at radius 1 is 1.13 bits per heavy atom. The van der Waals surface area contributed by atoms with Crippen LogP contribution in [0.2, 0.25) is 0 Å². The molecule has 84 valence electrons. The number of anilines is 1. The second kappa shape index (κ2) is 5.76. The van der Waals surface area contributed by atoms with Gasteiger partial charge in [0.25, 0.3) is 0 Å². The van der Waals surface area contributed by atoms with E-state index in [1.807, 2.05) is 0 Å². The minimum Gasteiger partial charge on any atom is -0.372 e. The van der Waals surface area contributed by atoms with Gasteiger partial charge in [0, 0.05) is 25.3 Å². The van der Waals surface area contributed by atoms with Gasteiger partial charge in [-0.05, 0) is 30.5 Å². The zero-order valence-electron chi connectivity index (χ0n) is 10.0. The van der Waals surface area contributed by atoms with E-state index >= 15 is 0 Å². The van der Waals surface area contributed by atoms with Gasteiger partial charge in [0.05, 0.1) is 0 Å². The van der Waals surface area contributed by atoms with Crippen LogP contribution in [0.25, 0.3) is 0 Å². The first-order chi connectivity index (χ1) is 7.22. The third kappa shape index (κ3) is 2.96. The molecule has 2 heteroatoms. The lowest BCUT2D eigenvalue weighted by molar-refractivity contribution is 0.591. The molecule has 15 heavy (non-hydrogen) atoms. The van der Waals surface area contributed by atoms with Gasteiger partial charge in [0.2, 0.25) is 0 Å². The van der Waals surface area contributed by atoms with Gasteiger partial charge in [-0.25, -0.2) is 0 Å². The molecule has 0 atom stereocenters. The summed E-state index contributed by atoms with van der Waals surface area (Å²) in [7, 11) is 2.16. The summed E-state index contributed by atoms with van der Waals surface area (Å²) in [6.07, 6.45) is 2.37. The summed E-state index contributed by atoms with van der Waals surface area (Å²) in [5.74, 6) is 0.